The van der Waals surface area contributed by atoms with Gasteiger partial charge in [-0.3, -0.25) is 14.4 Å². The molecule has 0 unspecified atom stereocenters. The lowest BCUT2D eigenvalue weighted by Crippen LogP contribution is -2.57. The van der Waals surface area contributed by atoms with Gasteiger partial charge in [0.1, 0.15) is 6.04 Å². The average Bonchev–Trinajstić information content (AvgIpc) is 3.18. The first-order chi connectivity index (χ1) is 13.3. The van der Waals surface area contributed by atoms with Gasteiger partial charge in [-0.2, -0.15) is 0 Å². The molecule has 1 saturated heterocycles. The summed E-state index contributed by atoms with van der Waals surface area (Å²) >= 11 is 0. The van der Waals surface area contributed by atoms with E-state index in [2.05, 4.69) is 0 Å². The second kappa shape index (κ2) is 5.37. The van der Waals surface area contributed by atoms with Crippen LogP contribution >= 0.6 is 0 Å². The summed E-state index contributed by atoms with van der Waals surface area (Å²) in [6.07, 6.45) is 4.38. The first-order valence-corrected chi connectivity index (χ1v) is 9.46. The fraction of sp³-hybridized carbons (Fsp3) is 0.476. The van der Waals surface area contributed by atoms with Crippen molar-refractivity contribution in [2.24, 2.45) is 0 Å². The number of likely N-dealkylation sites (tertiary alicyclic amines) is 1. The second-order valence-electron chi connectivity index (χ2n) is 8.87. The first kappa shape index (κ1) is 17.3. The van der Waals surface area contributed by atoms with E-state index >= 15 is 0 Å². The number of hydrogen-bond donors (Lipinski definition) is 0. The van der Waals surface area contributed by atoms with Crippen LogP contribution in [0.15, 0.2) is 24.3 Å². The van der Waals surface area contributed by atoms with E-state index in [1.54, 1.807) is 15.9 Å². The number of carbonyl (C=O) groups excluding carboxylic acids is 3. The molecule has 28 heavy (non-hydrogen) atoms. The molecule has 146 valence electrons. The van der Waals surface area contributed by atoms with E-state index in [1.165, 1.54) is 0 Å². The number of fused-ring (bicyclic) bond motifs is 2. The van der Waals surface area contributed by atoms with Crippen LogP contribution in [0.5, 0.6) is 11.5 Å². The van der Waals surface area contributed by atoms with Gasteiger partial charge in [-0.25, -0.2) is 0 Å². The van der Waals surface area contributed by atoms with Crippen LogP contribution in [-0.2, 0) is 26.3 Å². The van der Waals surface area contributed by atoms with Gasteiger partial charge in [0.05, 0.1) is 11.5 Å². The van der Waals surface area contributed by atoms with Gasteiger partial charge >= 0.3 is 0 Å². The molecule has 1 spiro atoms. The molecule has 3 aliphatic heterocycles. The lowest BCUT2D eigenvalue weighted by molar-refractivity contribution is -0.141. The molecule has 3 heterocycles. The molecular formula is C21H22N2O5. The van der Waals surface area contributed by atoms with Crippen LogP contribution in [-0.4, -0.2) is 52.3 Å². The minimum atomic E-state index is -0.784. The molecule has 2 amide bonds. The van der Waals surface area contributed by atoms with Crippen molar-refractivity contribution in [3.05, 3.63) is 35.4 Å². The van der Waals surface area contributed by atoms with Crippen LogP contribution in [0.3, 0.4) is 0 Å². The maximum absolute atomic E-state index is 13.6. The van der Waals surface area contributed by atoms with Gasteiger partial charge in [-0.1, -0.05) is 6.08 Å². The van der Waals surface area contributed by atoms with E-state index in [-0.39, 0.29) is 30.9 Å². The van der Waals surface area contributed by atoms with Crippen molar-refractivity contribution >= 4 is 18.1 Å². The Labute approximate surface area is 162 Å². The van der Waals surface area contributed by atoms with Gasteiger partial charge < -0.3 is 19.3 Å². The normalized spacial score (nSPS) is 30.2. The molecule has 0 radical (unpaired) electrons. The lowest BCUT2D eigenvalue weighted by atomic mass is 9.63. The van der Waals surface area contributed by atoms with Gasteiger partial charge in [0, 0.05) is 18.5 Å². The summed E-state index contributed by atoms with van der Waals surface area (Å²) in [5.74, 6) is 1.15. The van der Waals surface area contributed by atoms with Crippen molar-refractivity contribution in [3.63, 3.8) is 0 Å². The number of rotatable bonds is 1. The Morgan fingerprint density at radius 3 is 2.57 bits per heavy atom. The van der Waals surface area contributed by atoms with E-state index < -0.39 is 17.0 Å². The quantitative estimate of drug-likeness (QED) is 0.689. The Bertz CT molecular complexity index is 947. The van der Waals surface area contributed by atoms with Crippen molar-refractivity contribution in [2.75, 3.05) is 6.79 Å². The number of carbonyl (C=O) groups is 3. The summed E-state index contributed by atoms with van der Waals surface area (Å²) in [6.45, 7) is 6.36. The Hall–Kier alpha value is -2.83. The first-order valence-electron chi connectivity index (χ1n) is 9.46. The minimum Gasteiger partial charge on any atom is -0.454 e. The van der Waals surface area contributed by atoms with Gasteiger partial charge in [0.25, 0.3) is 0 Å². The van der Waals surface area contributed by atoms with E-state index in [4.69, 9.17) is 9.47 Å². The van der Waals surface area contributed by atoms with Crippen molar-refractivity contribution in [1.82, 2.24) is 9.80 Å². The molecule has 1 fully saturated rings. The highest BCUT2D eigenvalue weighted by molar-refractivity contribution is 5.98. The topological polar surface area (TPSA) is 76.2 Å². The number of ketones is 1. The number of amides is 2. The molecule has 1 aliphatic carbocycles. The average molecular weight is 382 g/mol. The zero-order valence-electron chi connectivity index (χ0n) is 16.1. The Kier molecular flexibility index (Phi) is 3.31. The smallest absolute Gasteiger partial charge is 0.247 e. The summed E-state index contributed by atoms with van der Waals surface area (Å²) in [7, 11) is 0. The third-order valence-corrected chi connectivity index (χ3v) is 6.33. The SMILES string of the molecule is CC(C)(C)N1C(=O)[C@@H]2N(C=O)Cc3cc4c(cc3[C@@]23C=CC(=O)C[C@@H]13)OCO4. The molecule has 7 nitrogen and oxygen atoms in total. The van der Waals surface area contributed by atoms with Crippen LogP contribution in [0.4, 0.5) is 0 Å². The van der Waals surface area contributed by atoms with Gasteiger partial charge in [-0.15, -0.1) is 0 Å². The Balaban J connectivity index is 1.81. The van der Waals surface area contributed by atoms with E-state index in [9.17, 15) is 14.4 Å². The maximum atomic E-state index is 13.6. The Morgan fingerprint density at radius 1 is 1.18 bits per heavy atom. The highest BCUT2D eigenvalue weighted by atomic mass is 16.7. The summed E-state index contributed by atoms with van der Waals surface area (Å²) in [4.78, 5) is 41.3. The van der Waals surface area contributed by atoms with E-state index in [0.29, 0.717) is 18.0 Å². The van der Waals surface area contributed by atoms with Gasteiger partial charge in [0.15, 0.2) is 17.3 Å². The summed E-state index contributed by atoms with van der Waals surface area (Å²) < 4.78 is 11.1. The van der Waals surface area contributed by atoms with Crippen LogP contribution < -0.4 is 9.47 Å². The molecule has 0 bridgehead atoms. The predicted molar refractivity (Wildman–Crippen MR) is 98.8 cm³/mol. The number of benzene rings is 1. The zero-order chi connectivity index (χ0) is 19.8. The molecular weight excluding hydrogens is 360 g/mol. The standard InChI is InChI=1S/C21H22N2O5/c1-20(2,3)23-17-7-13(25)4-5-21(17)14-8-16-15(27-11-28-16)6-12(14)9-22(10-24)18(21)19(23)26/h4-6,8,10,17-18H,7,9,11H2,1-3H3/t17-,18+,21-/m1/s1. The summed E-state index contributed by atoms with van der Waals surface area (Å²) in [5, 5.41) is 0. The number of ether oxygens (including phenoxy) is 2. The maximum Gasteiger partial charge on any atom is 0.247 e. The minimum absolute atomic E-state index is 0.0103. The number of hydrogen-bond acceptors (Lipinski definition) is 5. The largest absolute Gasteiger partial charge is 0.454 e. The van der Waals surface area contributed by atoms with E-state index in [1.807, 2.05) is 39.0 Å². The van der Waals surface area contributed by atoms with Crippen LogP contribution in [0.2, 0.25) is 0 Å². The van der Waals surface area contributed by atoms with Crippen LogP contribution in [0.25, 0.3) is 0 Å². The number of nitrogens with zero attached hydrogens (tertiary/aromatic N) is 2. The third kappa shape index (κ3) is 2.02. The van der Waals surface area contributed by atoms with Gasteiger partial charge in [-0.05, 0) is 50.1 Å². The monoisotopic (exact) mass is 382 g/mol. The molecule has 1 aromatic rings. The van der Waals surface area contributed by atoms with Crippen molar-refractivity contribution in [3.8, 4) is 11.5 Å². The molecule has 0 saturated carbocycles. The third-order valence-electron chi connectivity index (χ3n) is 6.33. The van der Waals surface area contributed by atoms with Crippen molar-refractivity contribution < 1.29 is 23.9 Å². The molecule has 4 aliphatic rings. The number of allylic oxidation sites excluding steroid dienone is 1. The fourth-order valence-corrected chi connectivity index (χ4v) is 5.37. The predicted octanol–water partition coefficient (Wildman–Crippen LogP) is 1.53. The second-order valence-corrected chi connectivity index (χ2v) is 8.87. The molecule has 3 atom stereocenters. The summed E-state index contributed by atoms with van der Waals surface area (Å²) in [6, 6.07) is 2.79. The molecule has 5 rings (SSSR count). The van der Waals surface area contributed by atoms with Crippen molar-refractivity contribution in [2.45, 2.75) is 56.8 Å². The van der Waals surface area contributed by atoms with Crippen LogP contribution in [0, 0.1) is 0 Å². The fourth-order valence-electron chi connectivity index (χ4n) is 5.37. The molecule has 1 aromatic carbocycles. The lowest BCUT2D eigenvalue weighted by Gasteiger charge is -2.47. The Morgan fingerprint density at radius 2 is 1.89 bits per heavy atom. The molecule has 0 N–H and O–H groups in total. The zero-order valence-corrected chi connectivity index (χ0v) is 16.1. The molecule has 7 heteroatoms. The van der Waals surface area contributed by atoms with Crippen LogP contribution in [0.1, 0.15) is 38.3 Å². The highest BCUT2D eigenvalue weighted by Crippen LogP contribution is 2.55. The summed E-state index contributed by atoms with van der Waals surface area (Å²) in [5.41, 5.74) is 0.588. The van der Waals surface area contributed by atoms with E-state index in [0.717, 1.165) is 17.5 Å². The van der Waals surface area contributed by atoms with Crippen molar-refractivity contribution in [1.29, 1.82) is 0 Å². The highest BCUT2D eigenvalue weighted by Gasteiger charge is 2.66. The molecule has 0 aromatic heterocycles. The van der Waals surface area contributed by atoms with Gasteiger partial charge in [0.2, 0.25) is 19.1 Å².